The normalized spacial score (nSPS) is 13.4. The largest absolute Gasteiger partial charge is 0.439 e. The second-order valence-electron chi connectivity index (χ2n) is 9.81. The van der Waals surface area contributed by atoms with Gasteiger partial charge in [-0.1, -0.05) is 68.8 Å². The fourth-order valence-corrected chi connectivity index (χ4v) is 3.99. The molecule has 2 aromatic carbocycles. The number of hydrogen-bond donors (Lipinski definition) is 1. The van der Waals surface area contributed by atoms with E-state index in [4.69, 9.17) is 14.6 Å². The van der Waals surface area contributed by atoms with Gasteiger partial charge in [0.1, 0.15) is 11.4 Å². The van der Waals surface area contributed by atoms with Gasteiger partial charge in [0.15, 0.2) is 0 Å². The Morgan fingerprint density at radius 3 is 2.31 bits per heavy atom. The van der Waals surface area contributed by atoms with E-state index in [0.29, 0.717) is 38.1 Å². The molecule has 0 bridgehead atoms. The molecule has 0 unspecified atom stereocenters. The van der Waals surface area contributed by atoms with Gasteiger partial charge in [-0.25, -0.2) is 4.68 Å². The Hall–Kier alpha value is -2.67. The molecule has 0 amide bonds. The first-order valence-corrected chi connectivity index (χ1v) is 12.6. The standard InChI is InChI=1S/C29H41N3O3/c1-7-23(5)32(17-25(33)20-34-19-21(2)3)18-27-28(24-11-9-8-10-12-24)30-31(6)29(27)35-26-15-13-22(4)14-16-26/h8-16,21,23,25,33H,7,17-20H2,1-6H3/t23-,25-/m0/s1. The predicted octanol–water partition coefficient (Wildman–Crippen LogP) is 5.82. The van der Waals surface area contributed by atoms with Crippen LogP contribution < -0.4 is 4.74 Å². The zero-order valence-corrected chi connectivity index (χ0v) is 22.1. The molecule has 0 aliphatic rings. The lowest BCUT2D eigenvalue weighted by Crippen LogP contribution is -2.40. The molecular weight excluding hydrogens is 438 g/mol. The van der Waals surface area contributed by atoms with E-state index in [1.165, 1.54) is 5.56 Å². The molecule has 190 valence electrons. The molecule has 1 heterocycles. The van der Waals surface area contributed by atoms with Crippen LogP contribution in [-0.2, 0) is 18.3 Å². The Morgan fingerprint density at radius 1 is 1.00 bits per heavy atom. The minimum atomic E-state index is -0.568. The van der Waals surface area contributed by atoms with Crippen molar-refractivity contribution in [3.8, 4) is 22.9 Å². The average Bonchev–Trinajstić information content (AvgIpc) is 3.14. The maximum atomic E-state index is 10.8. The van der Waals surface area contributed by atoms with Crippen molar-refractivity contribution < 1.29 is 14.6 Å². The third-order valence-electron chi connectivity index (χ3n) is 6.15. The lowest BCUT2D eigenvalue weighted by atomic mass is 10.1. The smallest absolute Gasteiger partial charge is 0.222 e. The first kappa shape index (κ1) is 26.9. The first-order chi connectivity index (χ1) is 16.8. The van der Waals surface area contributed by atoms with Crippen molar-refractivity contribution >= 4 is 0 Å². The Morgan fingerprint density at radius 2 is 1.69 bits per heavy atom. The maximum Gasteiger partial charge on any atom is 0.222 e. The summed E-state index contributed by atoms with van der Waals surface area (Å²) in [4.78, 5) is 2.30. The molecule has 6 nitrogen and oxygen atoms in total. The number of ether oxygens (including phenoxy) is 2. The van der Waals surface area contributed by atoms with E-state index in [0.717, 1.165) is 29.0 Å². The number of rotatable bonds is 13. The number of aliphatic hydroxyl groups is 1. The van der Waals surface area contributed by atoms with E-state index in [2.05, 4.69) is 51.7 Å². The average molecular weight is 480 g/mol. The minimum absolute atomic E-state index is 0.269. The molecule has 1 aromatic heterocycles. The van der Waals surface area contributed by atoms with Gasteiger partial charge in [0, 0.05) is 38.3 Å². The van der Waals surface area contributed by atoms with E-state index < -0.39 is 6.10 Å². The molecule has 0 saturated carbocycles. The summed E-state index contributed by atoms with van der Waals surface area (Å²) < 4.78 is 13.9. The van der Waals surface area contributed by atoms with Crippen LogP contribution in [0, 0.1) is 12.8 Å². The van der Waals surface area contributed by atoms with Gasteiger partial charge in [0.2, 0.25) is 5.88 Å². The maximum absolute atomic E-state index is 10.8. The monoisotopic (exact) mass is 479 g/mol. The Bertz CT molecular complexity index is 1030. The van der Waals surface area contributed by atoms with E-state index in [1.54, 1.807) is 0 Å². The Kier molecular flexibility index (Phi) is 9.90. The highest BCUT2D eigenvalue weighted by atomic mass is 16.5. The van der Waals surface area contributed by atoms with Crippen LogP contribution >= 0.6 is 0 Å². The molecule has 35 heavy (non-hydrogen) atoms. The second kappa shape index (κ2) is 12.9. The summed E-state index contributed by atoms with van der Waals surface area (Å²) in [6.07, 6.45) is 0.398. The van der Waals surface area contributed by atoms with Gasteiger partial charge >= 0.3 is 0 Å². The van der Waals surface area contributed by atoms with Crippen LogP contribution in [0.4, 0.5) is 0 Å². The molecule has 0 radical (unpaired) electrons. The van der Waals surface area contributed by atoms with E-state index in [1.807, 2.05) is 54.2 Å². The highest BCUT2D eigenvalue weighted by molar-refractivity contribution is 5.65. The van der Waals surface area contributed by atoms with Crippen molar-refractivity contribution in [2.24, 2.45) is 13.0 Å². The number of aryl methyl sites for hydroxylation is 2. The molecule has 6 heteroatoms. The van der Waals surface area contributed by atoms with Crippen molar-refractivity contribution in [1.29, 1.82) is 0 Å². The van der Waals surface area contributed by atoms with Crippen LogP contribution in [0.15, 0.2) is 54.6 Å². The van der Waals surface area contributed by atoms with Crippen LogP contribution in [-0.4, -0.2) is 51.7 Å². The van der Waals surface area contributed by atoms with Gasteiger partial charge in [-0.15, -0.1) is 0 Å². The second-order valence-corrected chi connectivity index (χ2v) is 9.81. The van der Waals surface area contributed by atoms with Crippen LogP contribution in [0.3, 0.4) is 0 Å². The summed E-state index contributed by atoms with van der Waals surface area (Å²) in [6, 6.07) is 18.5. The summed E-state index contributed by atoms with van der Waals surface area (Å²) in [5.74, 6) is 1.93. The minimum Gasteiger partial charge on any atom is -0.439 e. The molecule has 0 saturated heterocycles. The predicted molar refractivity (Wildman–Crippen MR) is 142 cm³/mol. The lowest BCUT2D eigenvalue weighted by Gasteiger charge is -2.30. The van der Waals surface area contributed by atoms with Gasteiger partial charge < -0.3 is 14.6 Å². The zero-order valence-electron chi connectivity index (χ0n) is 22.1. The first-order valence-electron chi connectivity index (χ1n) is 12.6. The Labute approximate surface area is 210 Å². The topological polar surface area (TPSA) is 59.8 Å². The van der Waals surface area contributed by atoms with Crippen LogP contribution in [0.1, 0.15) is 45.2 Å². The SMILES string of the molecule is CC[C@H](C)N(Cc1c(-c2ccccc2)nn(C)c1Oc1ccc(C)cc1)C[C@H](O)COCC(C)C. The molecule has 0 aliphatic heterocycles. The van der Waals surface area contributed by atoms with Gasteiger partial charge in [-0.2, -0.15) is 5.10 Å². The van der Waals surface area contributed by atoms with E-state index in [9.17, 15) is 5.11 Å². The number of nitrogens with zero attached hydrogens (tertiary/aromatic N) is 3. The molecule has 1 N–H and O–H groups in total. The fraction of sp³-hybridized carbons (Fsp3) is 0.483. The molecule has 2 atom stereocenters. The number of aliphatic hydroxyl groups excluding tert-OH is 1. The van der Waals surface area contributed by atoms with Gasteiger partial charge in [-0.3, -0.25) is 4.90 Å². The summed E-state index contributed by atoms with van der Waals surface area (Å²) in [5, 5.41) is 15.6. The van der Waals surface area contributed by atoms with Gasteiger partial charge in [0.25, 0.3) is 0 Å². The molecule has 0 spiro atoms. The van der Waals surface area contributed by atoms with Crippen molar-refractivity contribution in [1.82, 2.24) is 14.7 Å². The van der Waals surface area contributed by atoms with E-state index in [-0.39, 0.29) is 6.04 Å². The summed E-state index contributed by atoms with van der Waals surface area (Å²) in [7, 11) is 1.92. The van der Waals surface area contributed by atoms with Gasteiger partial charge in [0.05, 0.1) is 18.3 Å². The summed E-state index contributed by atoms with van der Waals surface area (Å²) in [5.41, 5.74) is 4.13. The van der Waals surface area contributed by atoms with Crippen molar-refractivity contribution in [3.63, 3.8) is 0 Å². The van der Waals surface area contributed by atoms with Crippen LogP contribution in [0.25, 0.3) is 11.3 Å². The highest BCUT2D eigenvalue weighted by Gasteiger charge is 2.25. The lowest BCUT2D eigenvalue weighted by molar-refractivity contribution is 0.0000410. The number of benzene rings is 2. The molecular formula is C29H41N3O3. The zero-order chi connectivity index (χ0) is 25.4. The molecule has 3 rings (SSSR count). The molecule has 0 fully saturated rings. The van der Waals surface area contributed by atoms with Crippen molar-refractivity contribution in [2.75, 3.05) is 19.8 Å². The quantitative estimate of drug-likeness (QED) is 0.335. The fourth-order valence-electron chi connectivity index (χ4n) is 3.99. The third-order valence-corrected chi connectivity index (χ3v) is 6.15. The van der Waals surface area contributed by atoms with Crippen molar-refractivity contribution in [2.45, 2.75) is 59.7 Å². The number of aromatic nitrogens is 2. The third kappa shape index (κ3) is 7.66. The van der Waals surface area contributed by atoms with E-state index >= 15 is 0 Å². The summed E-state index contributed by atoms with van der Waals surface area (Å²) >= 11 is 0. The Balaban J connectivity index is 1.93. The number of hydrogen-bond acceptors (Lipinski definition) is 5. The van der Waals surface area contributed by atoms with Crippen LogP contribution in [0.5, 0.6) is 11.6 Å². The molecule has 3 aromatic rings. The van der Waals surface area contributed by atoms with Crippen LogP contribution in [0.2, 0.25) is 0 Å². The molecule has 0 aliphatic carbocycles. The van der Waals surface area contributed by atoms with Gasteiger partial charge in [-0.05, 0) is 38.3 Å². The van der Waals surface area contributed by atoms with Crippen molar-refractivity contribution in [3.05, 3.63) is 65.7 Å². The highest BCUT2D eigenvalue weighted by Crippen LogP contribution is 2.34. The summed E-state index contributed by atoms with van der Waals surface area (Å²) in [6.45, 7) is 12.8.